The van der Waals surface area contributed by atoms with Crippen LogP contribution in [0.2, 0.25) is 0 Å². The lowest BCUT2D eigenvalue weighted by molar-refractivity contribution is -0.155. The molecule has 0 fully saturated rings. The first kappa shape index (κ1) is 30.1. The minimum atomic E-state index is -1.96. The molecule has 4 atom stereocenters. The van der Waals surface area contributed by atoms with Crippen molar-refractivity contribution in [3.63, 3.8) is 0 Å². The Morgan fingerprint density at radius 3 is 2.26 bits per heavy atom. The number of hydrazine groups is 1. The van der Waals surface area contributed by atoms with Gasteiger partial charge in [-0.3, -0.25) is 14.6 Å². The summed E-state index contributed by atoms with van der Waals surface area (Å²) in [5.41, 5.74) is 4.42. The van der Waals surface area contributed by atoms with Gasteiger partial charge in [0.2, 0.25) is 0 Å². The molecule has 10 heteroatoms. The lowest BCUT2D eigenvalue weighted by Crippen LogP contribution is -2.53. The van der Waals surface area contributed by atoms with Gasteiger partial charge in [0.1, 0.15) is 0 Å². The molecular weight excluding hydrogens is 548 g/mol. The first-order valence-corrected chi connectivity index (χ1v) is 14.3. The van der Waals surface area contributed by atoms with Crippen molar-refractivity contribution < 1.29 is 29.3 Å². The van der Waals surface area contributed by atoms with Crippen molar-refractivity contribution >= 4 is 17.5 Å². The minimum absolute atomic E-state index is 0.274. The zero-order valence-electron chi connectivity index (χ0n) is 24.8. The molecule has 0 aliphatic carbocycles. The number of amides is 2. The predicted octanol–water partition coefficient (Wildman–Crippen LogP) is 2.96. The molecule has 0 spiro atoms. The van der Waals surface area contributed by atoms with Crippen LogP contribution in [0, 0.1) is 0 Å². The number of nitrogens with one attached hydrogen (secondary N) is 1. The molecule has 1 unspecified atom stereocenters. The highest BCUT2D eigenvalue weighted by Gasteiger charge is 2.40. The third kappa shape index (κ3) is 6.08. The maximum atomic E-state index is 13.7. The number of aliphatic hydroxyl groups is 2. The topological polar surface area (TPSA) is 115 Å². The van der Waals surface area contributed by atoms with Crippen LogP contribution in [0.1, 0.15) is 41.3 Å². The first-order valence-electron chi connectivity index (χ1n) is 14.3. The number of hydrogen-bond acceptors (Lipinski definition) is 8. The highest BCUT2D eigenvalue weighted by molar-refractivity contribution is 5.91. The largest absolute Gasteiger partial charge is 0.493 e. The maximum Gasteiger partial charge on any atom is 0.255 e. The molecule has 226 valence electrons. The Hall–Kier alpha value is -4.38. The fourth-order valence-corrected chi connectivity index (χ4v) is 5.71. The van der Waals surface area contributed by atoms with Gasteiger partial charge in [-0.15, -0.1) is 0 Å². The molecule has 3 aromatic rings. The summed E-state index contributed by atoms with van der Waals surface area (Å²) >= 11 is 0. The summed E-state index contributed by atoms with van der Waals surface area (Å²) in [5, 5.41) is 28.7. The standard InChI is InChI=1S/C33H38N4O6/c1-21(22-11-13-25(14-12-22)37-17-8-16-35(37)2)34-32(40)30(38)31(39)33(41)36-18-15-24-19-27(42-3)28(43-4)20-26(24)29(36)23-9-6-5-7-10-23/h5-14,17,19-21,29-31,38-39H,15-16,18H2,1-4H3,(H,34,40)/t21-,29?,30-,31-/m1/s1. The molecule has 0 aromatic heterocycles. The van der Waals surface area contributed by atoms with Gasteiger partial charge in [-0.2, -0.15) is 0 Å². The molecule has 2 heterocycles. The molecule has 0 saturated carbocycles. The second-order valence-corrected chi connectivity index (χ2v) is 10.8. The molecule has 3 N–H and O–H groups in total. The maximum absolute atomic E-state index is 13.7. The molecule has 0 saturated heterocycles. The number of hydrogen-bond donors (Lipinski definition) is 3. The number of rotatable bonds is 9. The number of nitrogens with zero attached hydrogens (tertiary/aromatic N) is 3. The van der Waals surface area contributed by atoms with Crippen molar-refractivity contribution in [1.29, 1.82) is 0 Å². The lowest BCUT2D eigenvalue weighted by Gasteiger charge is -2.39. The zero-order valence-corrected chi connectivity index (χ0v) is 24.8. The number of fused-ring (bicyclic) bond motifs is 1. The van der Waals surface area contributed by atoms with Crippen molar-refractivity contribution in [2.75, 3.05) is 39.4 Å². The smallest absolute Gasteiger partial charge is 0.255 e. The number of carbonyl (C=O) groups is 2. The van der Waals surface area contributed by atoms with Crippen LogP contribution in [0.4, 0.5) is 5.69 Å². The molecule has 0 radical (unpaired) electrons. The first-order chi connectivity index (χ1) is 20.7. The quantitative estimate of drug-likeness (QED) is 0.351. The highest BCUT2D eigenvalue weighted by Crippen LogP contribution is 2.41. The number of likely N-dealkylation sites (N-methyl/N-ethyl adjacent to an activating group) is 1. The van der Waals surface area contributed by atoms with E-state index in [2.05, 4.69) is 16.4 Å². The molecule has 2 amide bonds. The van der Waals surface area contributed by atoms with E-state index in [1.165, 1.54) is 4.90 Å². The van der Waals surface area contributed by atoms with Crippen molar-refractivity contribution in [1.82, 2.24) is 15.2 Å². The van der Waals surface area contributed by atoms with E-state index in [9.17, 15) is 19.8 Å². The Bertz CT molecular complexity index is 1480. The molecule has 43 heavy (non-hydrogen) atoms. The summed E-state index contributed by atoms with van der Waals surface area (Å²) in [7, 11) is 5.11. The Balaban J connectivity index is 1.32. The fraction of sp³-hybridized carbons (Fsp3) is 0.333. The second kappa shape index (κ2) is 12.9. The monoisotopic (exact) mass is 586 g/mol. The van der Waals surface area contributed by atoms with Crippen LogP contribution in [-0.2, 0) is 16.0 Å². The van der Waals surface area contributed by atoms with Gasteiger partial charge in [0.05, 0.1) is 32.0 Å². The van der Waals surface area contributed by atoms with Crippen molar-refractivity contribution in [3.8, 4) is 11.5 Å². The molecule has 2 aliphatic rings. The van der Waals surface area contributed by atoms with Gasteiger partial charge in [0.15, 0.2) is 23.7 Å². The molecule has 10 nitrogen and oxygen atoms in total. The van der Waals surface area contributed by atoms with Gasteiger partial charge in [0.25, 0.3) is 11.8 Å². The zero-order chi connectivity index (χ0) is 30.7. The van der Waals surface area contributed by atoms with Gasteiger partial charge >= 0.3 is 0 Å². The second-order valence-electron chi connectivity index (χ2n) is 10.8. The third-order valence-corrected chi connectivity index (χ3v) is 8.09. The van der Waals surface area contributed by atoms with Gasteiger partial charge in [-0.05, 0) is 59.9 Å². The molecule has 0 bridgehead atoms. The third-order valence-electron chi connectivity index (χ3n) is 8.09. The van der Waals surface area contributed by atoms with Crippen molar-refractivity contribution in [2.45, 2.75) is 37.6 Å². The van der Waals surface area contributed by atoms with E-state index in [1.807, 2.05) is 85.0 Å². The highest BCUT2D eigenvalue weighted by atomic mass is 16.5. The number of methoxy groups -OCH3 is 2. The summed E-state index contributed by atoms with van der Waals surface area (Å²) < 4.78 is 11.0. The van der Waals surface area contributed by atoms with E-state index >= 15 is 0 Å². The normalized spacial score (nSPS) is 18.5. The summed E-state index contributed by atoms with van der Waals surface area (Å²) in [4.78, 5) is 28.3. The average molecular weight is 587 g/mol. The molecular formula is C33H38N4O6. The number of aliphatic hydroxyl groups excluding tert-OH is 2. The Morgan fingerprint density at radius 1 is 0.953 bits per heavy atom. The van der Waals surface area contributed by atoms with Gasteiger partial charge in [-0.25, -0.2) is 5.01 Å². The van der Waals surface area contributed by atoms with Crippen LogP contribution in [0.25, 0.3) is 0 Å². The van der Waals surface area contributed by atoms with Crippen LogP contribution in [0.3, 0.4) is 0 Å². The number of ether oxygens (including phenoxy) is 2. The molecule has 5 rings (SSSR count). The molecule has 2 aliphatic heterocycles. The van der Waals surface area contributed by atoms with E-state index in [0.717, 1.165) is 34.5 Å². The van der Waals surface area contributed by atoms with E-state index < -0.39 is 36.1 Å². The molecule has 3 aromatic carbocycles. The summed E-state index contributed by atoms with van der Waals surface area (Å²) in [5.74, 6) is -0.470. The van der Waals surface area contributed by atoms with Crippen molar-refractivity contribution in [3.05, 3.63) is 101 Å². The average Bonchev–Trinajstić information content (AvgIpc) is 3.48. The Morgan fingerprint density at radius 2 is 1.63 bits per heavy atom. The minimum Gasteiger partial charge on any atom is -0.493 e. The van der Waals surface area contributed by atoms with Crippen LogP contribution in [0.5, 0.6) is 11.5 Å². The predicted molar refractivity (Wildman–Crippen MR) is 163 cm³/mol. The number of carbonyl (C=O) groups excluding carboxylic acids is 2. The van der Waals surface area contributed by atoms with Gasteiger partial charge in [0, 0.05) is 26.3 Å². The SMILES string of the molecule is COc1cc2c(cc1OC)C(c1ccccc1)N(C(=O)[C@H](O)[C@@H](O)C(=O)N[C@H](C)c1ccc(N3C=CCN3C)cc1)CC2. The van der Waals surface area contributed by atoms with E-state index in [0.29, 0.717) is 17.9 Å². The number of benzene rings is 3. The van der Waals surface area contributed by atoms with E-state index in [4.69, 9.17) is 9.47 Å². The van der Waals surface area contributed by atoms with Crippen LogP contribution < -0.4 is 19.8 Å². The fourth-order valence-electron chi connectivity index (χ4n) is 5.71. The number of anilines is 1. The Labute approximate surface area is 251 Å². The van der Waals surface area contributed by atoms with E-state index in [1.54, 1.807) is 21.1 Å². The van der Waals surface area contributed by atoms with E-state index in [-0.39, 0.29) is 6.54 Å². The van der Waals surface area contributed by atoms with Crippen LogP contribution >= 0.6 is 0 Å². The summed E-state index contributed by atoms with van der Waals surface area (Å²) in [6.45, 7) is 2.88. The summed E-state index contributed by atoms with van der Waals surface area (Å²) in [6, 6.07) is 19.8. The van der Waals surface area contributed by atoms with Crippen LogP contribution in [0.15, 0.2) is 79.0 Å². The summed E-state index contributed by atoms with van der Waals surface area (Å²) in [6.07, 6.45) is 0.631. The van der Waals surface area contributed by atoms with Gasteiger partial charge in [-0.1, -0.05) is 48.5 Å². The van der Waals surface area contributed by atoms with Crippen molar-refractivity contribution in [2.24, 2.45) is 0 Å². The van der Waals surface area contributed by atoms with Gasteiger partial charge < -0.3 is 29.9 Å². The Kier molecular flexibility index (Phi) is 9.00. The van der Waals surface area contributed by atoms with Crippen LogP contribution in [-0.4, -0.2) is 78.5 Å². The lowest BCUT2D eigenvalue weighted by atomic mass is 9.87.